The number of rotatable bonds is 3. The van der Waals surface area contributed by atoms with Crippen molar-refractivity contribution in [3.8, 4) is 0 Å². The third-order valence-electron chi connectivity index (χ3n) is 2.41. The zero-order valence-corrected chi connectivity index (χ0v) is 8.47. The number of aryl methyl sites for hydroxylation is 2. The number of hydrogen-bond acceptors (Lipinski definition) is 2. The lowest BCUT2D eigenvalue weighted by Crippen LogP contribution is -2.06. The Morgan fingerprint density at radius 1 is 1.60 bits per heavy atom. The fourth-order valence-corrected chi connectivity index (χ4v) is 1.71. The van der Waals surface area contributed by atoms with Crippen LogP contribution in [0.5, 0.6) is 0 Å². The van der Waals surface area contributed by atoms with Crippen LogP contribution in [-0.4, -0.2) is 20.6 Å². The van der Waals surface area contributed by atoms with Crippen molar-refractivity contribution in [1.29, 1.82) is 0 Å². The molecule has 0 amide bonds. The smallest absolute Gasteiger partial charge is 0.305 e. The van der Waals surface area contributed by atoms with Gasteiger partial charge in [0.15, 0.2) is 0 Å². The number of carbonyl (C=O) groups is 1. The monoisotopic (exact) mass is 204 g/mol. The van der Waals surface area contributed by atoms with Gasteiger partial charge in [0.2, 0.25) is 0 Å². The van der Waals surface area contributed by atoms with Gasteiger partial charge in [0.25, 0.3) is 0 Å². The summed E-state index contributed by atoms with van der Waals surface area (Å²) in [5.74, 6) is -0.785. The molecule has 0 saturated heterocycles. The molecular formula is C11H12N2O2. The maximum Gasteiger partial charge on any atom is 0.305 e. The predicted molar refractivity (Wildman–Crippen MR) is 56.7 cm³/mol. The van der Waals surface area contributed by atoms with E-state index in [-0.39, 0.29) is 6.42 Å². The molecule has 0 atom stereocenters. The Balaban J connectivity index is 2.40. The molecule has 2 rings (SSSR count). The van der Waals surface area contributed by atoms with Crippen molar-refractivity contribution >= 4 is 17.0 Å². The minimum Gasteiger partial charge on any atom is -0.481 e. The maximum atomic E-state index is 10.5. The molecular weight excluding hydrogens is 192 g/mol. The van der Waals surface area contributed by atoms with Gasteiger partial charge in [0.1, 0.15) is 5.65 Å². The number of aliphatic carboxylic acids is 1. The molecule has 1 N–H and O–H groups in total. The number of carboxylic acids is 1. The lowest BCUT2D eigenvalue weighted by molar-refractivity contribution is -0.137. The predicted octanol–water partition coefficient (Wildman–Crippen LogP) is 1.82. The fraction of sp³-hybridized carbons (Fsp3) is 0.273. The Morgan fingerprint density at radius 3 is 3.13 bits per heavy atom. The second kappa shape index (κ2) is 3.73. The molecule has 4 heteroatoms. The van der Waals surface area contributed by atoms with Gasteiger partial charge in [0, 0.05) is 23.8 Å². The first-order valence-electron chi connectivity index (χ1n) is 4.81. The van der Waals surface area contributed by atoms with E-state index >= 15 is 0 Å². The molecule has 0 spiro atoms. The molecule has 4 nitrogen and oxygen atoms in total. The van der Waals surface area contributed by atoms with Gasteiger partial charge in [-0.15, -0.1) is 0 Å². The van der Waals surface area contributed by atoms with Gasteiger partial charge in [-0.25, -0.2) is 4.98 Å². The molecule has 0 saturated carbocycles. The molecule has 78 valence electrons. The first kappa shape index (κ1) is 9.71. The number of carboxylic acid groups (broad SMARTS) is 1. The van der Waals surface area contributed by atoms with Crippen LogP contribution in [0.25, 0.3) is 11.0 Å². The van der Waals surface area contributed by atoms with Crippen LogP contribution in [0.2, 0.25) is 0 Å². The van der Waals surface area contributed by atoms with Crippen LogP contribution in [-0.2, 0) is 11.3 Å². The van der Waals surface area contributed by atoms with Crippen LogP contribution in [0.3, 0.4) is 0 Å². The summed E-state index contributed by atoms with van der Waals surface area (Å²) in [7, 11) is 0. The summed E-state index contributed by atoms with van der Waals surface area (Å²) in [6.07, 6.45) is 1.85. The number of nitrogens with zero attached hydrogens (tertiary/aromatic N) is 2. The normalized spacial score (nSPS) is 10.7. The highest BCUT2D eigenvalue weighted by atomic mass is 16.4. The number of hydrogen-bond donors (Lipinski definition) is 1. The highest BCUT2D eigenvalue weighted by molar-refractivity contribution is 5.77. The summed E-state index contributed by atoms with van der Waals surface area (Å²) < 4.78 is 1.93. The standard InChI is InChI=1S/C11H12N2O2/c1-8-7-9-3-2-5-12-11(9)13(8)6-4-10(14)15/h2-3,5,7H,4,6H2,1H3,(H,14,15). The summed E-state index contributed by atoms with van der Waals surface area (Å²) in [4.78, 5) is 14.8. The van der Waals surface area contributed by atoms with Gasteiger partial charge in [-0.1, -0.05) is 0 Å². The van der Waals surface area contributed by atoms with E-state index < -0.39 is 5.97 Å². The molecule has 2 aromatic heterocycles. The van der Waals surface area contributed by atoms with E-state index in [0.717, 1.165) is 16.7 Å². The average Bonchev–Trinajstić information content (AvgIpc) is 2.50. The van der Waals surface area contributed by atoms with E-state index in [2.05, 4.69) is 4.98 Å². The van der Waals surface area contributed by atoms with Crippen molar-refractivity contribution in [2.45, 2.75) is 19.9 Å². The molecule has 0 unspecified atom stereocenters. The van der Waals surface area contributed by atoms with Crippen LogP contribution in [0, 0.1) is 6.92 Å². The summed E-state index contributed by atoms with van der Waals surface area (Å²) in [6, 6.07) is 5.88. The van der Waals surface area contributed by atoms with E-state index in [0.29, 0.717) is 6.54 Å². The Kier molecular flexibility index (Phi) is 2.41. The minimum atomic E-state index is -0.785. The van der Waals surface area contributed by atoms with Gasteiger partial charge in [-0.3, -0.25) is 4.79 Å². The minimum absolute atomic E-state index is 0.126. The summed E-state index contributed by atoms with van der Waals surface area (Å²) in [6.45, 7) is 2.44. The first-order chi connectivity index (χ1) is 7.18. The van der Waals surface area contributed by atoms with Gasteiger partial charge in [-0.05, 0) is 25.1 Å². The van der Waals surface area contributed by atoms with Crippen LogP contribution >= 0.6 is 0 Å². The molecule has 2 heterocycles. The molecule has 0 aromatic carbocycles. The van der Waals surface area contributed by atoms with Gasteiger partial charge in [-0.2, -0.15) is 0 Å². The van der Waals surface area contributed by atoms with Crippen LogP contribution in [0.15, 0.2) is 24.4 Å². The van der Waals surface area contributed by atoms with E-state index in [1.807, 2.05) is 29.7 Å². The second-order valence-electron chi connectivity index (χ2n) is 3.50. The Bertz CT molecular complexity index is 502. The fourth-order valence-electron chi connectivity index (χ4n) is 1.71. The lowest BCUT2D eigenvalue weighted by Gasteiger charge is -2.04. The summed E-state index contributed by atoms with van der Waals surface area (Å²) >= 11 is 0. The van der Waals surface area contributed by atoms with Crippen molar-refractivity contribution in [2.24, 2.45) is 0 Å². The number of aromatic nitrogens is 2. The van der Waals surface area contributed by atoms with E-state index in [1.54, 1.807) is 6.20 Å². The summed E-state index contributed by atoms with van der Waals surface area (Å²) in [5, 5.41) is 9.70. The van der Waals surface area contributed by atoms with E-state index in [4.69, 9.17) is 5.11 Å². The molecule has 2 aromatic rings. The highest BCUT2D eigenvalue weighted by Crippen LogP contribution is 2.17. The average molecular weight is 204 g/mol. The van der Waals surface area contributed by atoms with Crippen LogP contribution in [0.1, 0.15) is 12.1 Å². The summed E-state index contributed by atoms with van der Waals surface area (Å²) in [5.41, 5.74) is 1.90. The van der Waals surface area contributed by atoms with Crippen molar-refractivity contribution in [3.05, 3.63) is 30.1 Å². The van der Waals surface area contributed by atoms with Crippen molar-refractivity contribution in [3.63, 3.8) is 0 Å². The topological polar surface area (TPSA) is 55.1 Å². The molecule has 0 bridgehead atoms. The van der Waals surface area contributed by atoms with Crippen molar-refractivity contribution < 1.29 is 9.90 Å². The second-order valence-corrected chi connectivity index (χ2v) is 3.50. The Morgan fingerprint density at radius 2 is 2.40 bits per heavy atom. The van der Waals surface area contributed by atoms with E-state index in [9.17, 15) is 4.79 Å². The zero-order valence-electron chi connectivity index (χ0n) is 8.47. The highest BCUT2D eigenvalue weighted by Gasteiger charge is 2.07. The molecule has 0 fully saturated rings. The number of pyridine rings is 1. The van der Waals surface area contributed by atoms with Crippen LogP contribution in [0.4, 0.5) is 0 Å². The number of fused-ring (bicyclic) bond motifs is 1. The maximum absolute atomic E-state index is 10.5. The van der Waals surface area contributed by atoms with Crippen LogP contribution < -0.4 is 0 Å². The third-order valence-corrected chi connectivity index (χ3v) is 2.41. The lowest BCUT2D eigenvalue weighted by atomic mass is 10.3. The first-order valence-corrected chi connectivity index (χ1v) is 4.81. The molecule has 0 aliphatic heterocycles. The van der Waals surface area contributed by atoms with E-state index in [1.165, 1.54) is 0 Å². The van der Waals surface area contributed by atoms with Gasteiger partial charge >= 0.3 is 5.97 Å². The van der Waals surface area contributed by atoms with Crippen molar-refractivity contribution in [2.75, 3.05) is 0 Å². The van der Waals surface area contributed by atoms with Crippen molar-refractivity contribution in [1.82, 2.24) is 9.55 Å². The van der Waals surface area contributed by atoms with Gasteiger partial charge < -0.3 is 9.67 Å². The molecule has 0 aliphatic rings. The molecule has 0 radical (unpaired) electrons. The SMILES string of the molecule is Cc1cc2cccnc2n1CCC(=O)O. The Labute approximate surface area is 87.2 Å². The van der Waals surface area contributed by atoms with Gasteiger partial charge in [0.05, 0.1) is 6.42 Å². The quantitative estimate of drug-likeness (QED) is 0.829. The molecule has 15 heavy (non-hydrogen) atoms. The third kappa shape index (κ3) is 1.83. The largest absolute Gasteiger partial charge is 0.481 e. The zero-order chi connectivity index (χ0) is 10.8. The Hall–Kier alpha value is -1.84. The molecule has 0 aliphatic carbocycles.